The maximum Gasteiger partial charge on any atom is 0.257 e. The van der Waals surface area contributed by atoms with E-state index in [9.17, 15) is 9.59 Å². The molecule has 0 unspecified atom stereocenters. The molecule has 0 radical (unpaired) electrons. The van der Waals surface area contributed by atoms with E-state index in [2.05, 4.69) is 26.8 Å². The van der Waals surface area contributed by atoms with Gasteiger partial charge in [0.05, 0.1) is 11.3 Å². The number of carbonyl (C=O) groups excluding carboxylic acids is 2. The molecule has 0 saturated heterocycles. The van der Waals surface area contributed by atoms with E-state index in [1.807, 2.05) is 43.9 Å². The first-order valence-corrected chi connectivity index (χ1v) is 12.0. The van der Waals surface area contributed by atoms with E-state index in [-0.39, 0.29) is 11.8 Å². The Balaban J connectivity index is 1.32. The van der Waals surface area contributed by atoms with Crippen LogP contribution in [-0.4, -0.2) is 38.0 Å². The number of carbonyl (C=O) groups is 2. The average Bonchev–Trinajstić information content (AvgIpc) is 3.45. The quantitative estimate of drug-likeness (QED) is 0.468. The fourth-order valence-electron chi connectivity index (χ4n) is 4.30. The molecule has 0 bridgehead atoms. The normalized spacial score (nSPS) is 13.0. The lowest BCUT2D eigenvalue weighted by molar-refractivity contribution is 0.0735. The Morgan fingerprint density at radius 2 is 1.94 bits per heavy atom. The van der Waals surface area contributed by atoms with Gasteiger partial charge in [-0.2, -0.15) is 5.10 Å². The summed E-state index contributed by atoms with van der Waals surface area (Å²) in [5.74, 6) is 0.364. The lowest BCUT2D eigenvalue weighted by Gasteiger charge is -2.28. The minimum absolute atomic E-state index is 0.0126. The van der Waals surface area contributed by atoms with Crippen molar-refractivity contribution in [3.05, 3.63) is 92.6 Å². The Morgan fingerprint density at radius 3 is 2.68 bits per heavy atom. The Morgan fingerprint density at radius 1 is 1.09 bits per heavy atom. The second kappa shape index (κ2) is 8.87. The van der Waals surface area contributed by atoms with Crippen LogP contribution in [0.25, 0.3) is 5.82 Å². The number of rotatable bonds is 4. The summed E-state index contributed by atoms with van der Waals surface area (Å²) < 4.78 is 1.75. The van der Waals surface area contributed by atoms with Crippen LogP contribution in [0.15, 0.2) is 54.0 Å². The topological polar surface area (TPSA) is 80.1 Å². The summed E-state index contributed by atoms with van der Waals surface area (Å²) in [6.45, 7) is 7.09. The van der Waals surface area contributed by atoms with Crippen LogP contribution in [0.2, 0.25) is 0 Å². The van der Waals surface area contributed by atoms with Crippen LogP contribution in [0, 0.1) is 20.8 Å². The highest BCUT2D eigenvalue weighted by Crippen LogP contribution is 2.27. The number of hydrogen-bond acceptors (Lipinski definition) is 5. The predicted octanol–water partition coefficient (Wildman–Crippen LogP) is 4.70. The third-order valence-corrected chi connectivity index (χ3v) is 7.17. The number of thiophene rings is 1. The highest BCUT2D eigenvalue weighted by Gasteiger charge is 2.24. The average molecular weight is 472 g/mol. The van der Waals surface area contributed by atoms with Crippen LogP contribution in [0.3, 0.4) is 0 Å². The molecule has 8 heteroatoms. The second-order valence-electron chi connectivity index (χ2n) is 8.52. The first-order valence-electron chi connectivity index (χ1n) is 11.2. The predicted molar refractivity (Wildman–Crippen MR) is 133 cm³/mol. The molecular weight excluding hydrogens is 446 g/mol. The number of hydrogen-bond donors (Lipinski definition) is 1. The molecule has 172 valence electrons. The third-order valence-electron chi connectivity index (χ3n) is 6.14. The first-order chi connectivity index (χ1) is 16.4. The van der Waals surface area contributed by atoms with Crippen LogP contribution in [0.1, 0.15) is 48.1 Å². The molecule has 3 aromatic heterocycles. The molecule has 0 aliphatic carbocycles. The van der Waals surface area contributed by atoms with Crippen LogP contribution < -0.4 is 5.32 Å². The van der Waals surface area contributed by atoms with E-state index in [4.69, 9.17) is 0 Å². The number of anilines is 1. The second-order valence-corrected chi connectivity index (χ2v) is 9.52. The number of nitrogens with zero attached hydrogens (tertiary/aromatic N) is 4. The standard InChI is InChI=1S/C26H25N5O2S/c1-16-13-17(2)31(29-16)24-8-7-19(14-27-24)25(32)28-22-6-4-5-21(18(22)3)26(33)30-11-9-23-20(15-30)10-12-34-23/h4-8,10,12-14H,9,11,15H2,1-3H3,(H,28,32). The van der Waals surface area contributed by atoms with Crippen molar-refractivity contribution in [1.29, 1.82) is 0 Å². The Labute approximate surface area is 202 Å². The lowest BCUT2D eigenvalue weighted by atomic mass is 10.0. The summed E-state index contributed by atoms with van der Waals surface area (Å²) in [4.78, 5) is 33.8. The Hall–Kier alpha value is -3.78. The number of aryl methyl sites for hydroxylation is 2. The van der Waals surface area contributed by atoms with Crippen molar-refractivity contribution in [2.45, 2.75) is 33.7 Å². The van der Waals surface area contributed by atoms with Gasteiger partial charge in [-0.15, -0.1) is 11.3 Å². The minimum Gasteiger partial charge on any atom is -0.334 e. The number of fused-ring (bicyclic) bond motifs is 1. The molecule has 5 rings (SSSR count). The number of amides is 2. The molecule has 1 aliphatic heterocycles. The van der Waals surface area contributed by atoms with Crippen LogP contribution >= 0.6 is 11.3 Å². The zero-order valence-electron chi connectivity index (χ0n) is 19.3. The Kier molecular flexibility index (Phi) is 5.75. The smallest absolute Gasteiger partial charge is 0.257 e. The van der Waals surface area contributed by atoms with Gasteiger partial charge in [0, 0.05) is 41.1 Å². The van der Waals surface area contributed by atoms with Gasteiger partial charge in [0.25, 0.3) is 11.8 Å². The largest absolute Gasteiger partial charge is 0.334 e. The highest BCUT2D eigenvalue weighted by molar-refractivity contribution is 7.10. The highest BCUT2D eigenvalue weighted by atomic mass is 32.1. The van der Waals surface area contributed by atoms with Crippen molar-refractivity contribution in [2.75, 3.05) is 11.9 Å². The molecule has 2 amide bonds. The van der Waals surface area contributed by atoms with E-state index in [1.54, 1.807) is 34.2 Å². The molecule has 4 heterocycles. The maximum absolute atomic E-state index is 13.3. The molecule has 0 saturated carbocycles. The monoisotopic (exact) mass is 471 g/mol. The number of aromatic nitrogens is 3. The summed E-state index contributed by atoms with van der Waals surface area (Å²) >= 11 is 1.75. The van der Waals surface area contributed by atoms with Gasteiger partial charge in [0.2, 0.25) is 0 Å². The van der Waals surface area contributed by atoms with Gasteiger partial charge < -0.3 is 10.2 Å². The molecular formula is C26H25N5O2S. The van der Waals surface area contributed by atoms with Gasteiger partial charge in [-0.05, 0) is 80.1 Å². The summed E-state index contributed by atoms with van der Waals surface area (Å²) in [5.41, 5.74) is 5.52. The summed E-state index contributed by atoms with van der Waals surface area (Å²) in [6.07, 6.45) is 2.42. The zero-order chi connectivity index (χ0) is 23.8. The minimum atomic E-state index is -0.277. The molecule has 1 aliphatic rings. The van der Waals surface area contributed by atoms with Crippen molar-refractivity contribution in [3.63, 3.8) is 0 Å². The number of benzene rings is 1. The van der Waals surface area contributed by atoms with Crippen LogP contribution in [0.4, 0.5) is 5.69 Å². The molecule has 0 atom stereocenters. The summed E-state index contributed by atoms with van der Waals surface area (Å²) in [5, 5.41) is 9.45. The fourth-order valence-corrected chi connectivity index (χ4v) is 5.19. The summed E-state index contributed by atoms with van der Waals surface area (Å²) in [7, 11) is 0. The Bertz CT molecular complexity index is 1390. The number of nitrogens with one attached hydrogen (secondary N) is 1. The fraction of sp³-hybridized carbons (Fsp3) is 0.231. The van der Waals surface area contributed by atoms with Crippen molar-refractivity contribution < 1.29 is 9.59 Å². The summed E-state index contributed by atoms with van der Waals surface area (Å²) in [6, 6.07) is 13.0. The first kappa shape index (κ1) is 22.0. The van der Waals surface area contributed by atoms with E-state index in [1.165, 1.54) is 16.6 Å². The van der Waals surface area contributed by atoms with Gasteiger partial charge >= 0.3 is 0 Å². The van der Waals surface area contributed by atoms with Crippen molar-refractivity contribution in [3.8, 4) is 5.82 Å². The zero-order valence-corrected chi connectivity index (χ0v) is 20.1. The van der Waals surface area contributed by atoms with Crippen molar-refractivity contribution in [1.82, 2.24) is 19.7 Å². The van der Waals surface area contributed by atoms with Crippen LogP contribution in [0.5, 0.6) is 0 Å². The van der Waals surface area contributed by atoms with E-state index in [0.29, 0.717) is 35.7 Å². The van der Waals surface area contributed by atoms with Crippen LogP contribution in [-0.2, 0) is 13.0 Å². The van der Waals surface area contributed by atoms with Gasteiger partial charge in [-0.25, -0.2) is 9.67 Å². The van der Waals surface area contributed by atoms with Crippen molar-refractivity contribution in [2.24, 2.45) is 0 Å². The molecule has 1 aromatic carbocycles. The SMILES string of the molecule is Cc1cc(C)n(-c2ccc(C(=O)Nc3cccc(C(=O)N4CCc5sccc5C4)c3C)cn2)n1. The van der Waals surface area contributed by atoms with Crippen molar-refractivity contribution >= 4 is 28.8 Å². The molecule has 1 N–H and O–H groups in total. The molecule has 0 fully saturated rings. The maximum atomic E-state index is 13.3. The molecule has 7 nitrogen and oxygen atoms in total. The van der Waals surface area contributed by atoms with Gasteiger partial charge in [-0.3, -0.25) is 9.59 Å². The molecule has 34 heavy (non-hydrogen) atoms. The van der Waals surface area contributed by atoms with E-state index in [0.717, 1.165) is 23.4 Å². The molecule has 4 aromatic rings. The van der Waals surface area contributed by atoms with E-state index < -0.39 is 0 Å². The van der Waals surface area contributed by atoms with Gasteiger partial charge in [0.1, 0.15) is 0 Å². The molecule has 0 spiro atoms. The van der Waals surface area contributed by atoms with E-state index >= 15 is 0 Å². The van der Waals surface area contributed by atoms with Gasteiger partial charge in [-0.1, -0.05) is 6.07 Å². The lowest BCUT2D eigenvalue weighted by Crippen LogP contribution is -2.35. The third kappa shape index (κ3) is 4.12. The van der Waals surface area contributed by atoms with Gasteiger partial charge in [0.15, 0.2) is 5.82 Å². The number of pyridine rings is 1.